The van der Waals surface area contributed by atoms with Crippen LogP contribution in [0.5, 0.6) is 0 Å². The highest BCUT2D eigenvalue weighted by atomic mass is 35.5. The van der Waals surface area contributed by atoms with E-state index in [1.165, 1.54) is 0 Å². The summed E-state index contributed by atoms with van der Waals surface area (Å²) in [6.07, 6.45) is 1.79. The minimum absolute atomic E-state index is 0.0624. The van der Waals surface area contributed by atoms with E-state index in [1.807, 2.05) is 47.5 Å². The molecule has 0 saturated carbocycles. The van der Waals surface area contributed by atoms with Crippen LogP contribution in [-0.4, -0.2) is 11.5 Å². The average molecular weight is 259 g/mol. The molecule has 0 aliphatic carbocycles. The Bertz CT molecular complexity index is 553. The van der Waals surface area contributed by atoms with Gasteiger partial charge in [0.2, 0.25) is 0 Å². The molecule has 0 saturated heterocycles. The van der Waals surface area contributed by atoms with Crippen LogP contribution in [0, 0.1) is 0 Å². The predicted octanol–water partition coefficient (Wildman–Crippen LogP) is 3.66. The Morgan fingerprint density at radius 3 is 2.67 bits per heavy atom. The fourth-order valence-corrected chi connectivity index (χ4v) is 2.06. The molecule has 0 spiro atoms. The van der Waals surface area contributed by atoms with Crippen molar-refractivity contribution in [3.8, 4) is 0 Å². The molecular formula is C13H11ClN4. The van der Waals surface area contributed by atoms with Gasteiger partial charge in [0.15, 0.2) is 0 Å². The van der Waals surface area contributed by atoms with E-state index in [9.17, 15) is 0 Å². The van der Waals surface area contributed by atoms with E-state index in [4.69, 9.17) is 11.6 Å². The second-order valence-electron chi connectivity index (χ2n) is 4.00. The first-order valence-corrected chi connectivity index (χ1v) is 6.05. The lowest BCUT2D eigenvalue weighted by Crippen LogP contribution is -2.21. The van der Waals surface area contributed by atoms with Gasteiger partial charge in [0.1, 0.15) is 6.04 Å². The smallest absolute Gasteiger partial charge is 0.118 e. The zero-order valence-electron chi connectivity index (χ0n) is 9.57. The molecule has 18 heavy (non-hydrogen) atoms. The van der Waals surface area contributed by atoms with E-state index >= 15 is 0 Å². The van der Waals surface area contributed by atoms with Crippen molar-refractivity contribution in [2.24, 2.45) is 10.3 Å². The van der Waals surface area contributed by atoms with Crippen LogP contribution in [0.4, 0.5) is 5.69 Å². The third-order valence-electron chi connectivity index (χ3n) is 2.83. The molecule has 5 heteroatoms. The van der Waals surface area contributed by atoms with Crippen LogP contribution in [-0.2, 0) is 0 Å². The quantitative estimate of drug-likeness (QED) is 0.825. The number of aromatic nitrogens is 1. The Labute approximate surface area is 110 Å². The third kappa shape index (κ3) is 2.07. The van der Waals surface area contributed by atoms with Crippen molar-refractivity contribution in [2.45, 2.75) is 6.04 Å². The highest BCUT2D eigenvalue weighted by molar-refractivity contribution is 6.30. The van der Waals surface area contributed by atoms with Gasteiger partial charge in [-0.25, -0.2) is 5.01 Å². The van der Waals surface area contributed by atoms with Crippen LogP contribution >= 0.6 is 11.6 Å². The summed E-state index contributed by atoms with van der Waals surface area (Å²) in [5.74, 6) is 0. The highest BCUT2D eigenvalue weighted by Crippen LogP contribution is 2.31. The summed E-state index contributed by atoms with van der Waals surface area (Å²) in [5, 5.41) is 10.9. The molecule has 2 heterocycles. The van der Waals surface area contributed by atoms with Crippen molar-refractivity contribution < 1.29 is 0 Å². The maximum absolute atomic E-state index is 5.89. The molecule has 0 amide bonds. The molecule has 1 atom stereocenters. The Morgan fingerprint density at radius 1 is 1.11 bits per heavy atom. The molecule has 1 aromatic heterocycles. The number of hydrogen-bond donors (Lipinski definition) is 0. The van der Waals surface area contributed by atoms with Crippen molar-refractivity contribution >= 4 is 17.3 Å². The first-order chi connectivity index (χ1) is 8.84. The normalized spacial score (nSPS) is 18.3. The second kappa shape index (κ2) is 4.74. The predicted molar refractivity (Wildman–Crippen MR) is 70.6 cm³/mol. The van der Waals surface area contributed by atoms with Gasteiger partial charge < -0.3 is 0 Å². The van der Waals surface area contributed by atoms with Crippen LogP contribution in [0.1, 0.15) is 11.7 Å². The zero-order chi connectivity index (χ0) is 12.4. The lowest BCUT2D eigenvalue weighted by atomic mass is 10.1. The molecule has 4 nitrogen and oxygen atoms in total. The summed E-state index contributed by atoms with van der Waals surface area (Å²) in [5.41, 5.74) is 1.94. The first-order valence-electron chi connectivity index (χ1n) is 5.68. The van der Waals surface area contributed by atoms with E-state index in [0.29, 0.717) is 11.6 Å². The van der Waals surface area contributed by atoms with Crippen LogP contribution in [0.3, 0.4) is 0 Å². The first kappa shape index (κ1) is 11.2. The summed E-state index contributed by atoms with van der Waals surface area (Å²) in [7, 11) is 0. The lowest BCUT2D eigenvalue weighted by molar-refractivity contribution is 0.707. The molecule has 90 valence electrons. The van der Waals surface area contributed by atoms with Crippen LogP contribution in [0.15, 0.2) is 59.0 Å². The van der Waals surface area contributed by atoms with Gasteiger partial charge in [0.25, 0.3) is 0 Å². The molecule has 1 aromatic carbocycles. The average Bonchev–Trinajstić information content (AvgIpc) is 2.90. The van der Waals surface area contributed by atoms with Crippen LogP contribution in [0.2, 0.25) is 5.02 Å². The molecule has 0 N–H and O–H groups in total. The molecule has 1 unspecified atom stereocenters. The molecule has 3 rings (SSSR count). The Kier molecular flexibility index (Phi) is 2.94. The van der Waals surface area contributed by atoms with Gasteiger partial charge in [-0.15, -0.1) is 0 Å². The second-order valence-corrected chi connectivity index (χ2v) is 4.44. The van der Waals surface area contributed by atoms with Crippen LogP contribution < -0.4 is 5.01 Å². The topological polar surface area (TPSA) is 40.9 Å². The van der Waals surface area contributed by atoms with Crippen molar-refractivity contribution in [1.82, 2.24) is 4.98 Å². The number of anilines is 1. The summed E-state index contributed by atoms with van der Waals surface area (Å²) >= 11 is 5.89. The maximum Gasteiger partial charge on any atom is 0.118 e. The van der Waals surface area contributed by atoms with E-state index in [1.54, 1.807) is 6.20 Å². The van der Waals surface area contributed by atoms with Gasteiger partial charge in [0, 0.05) is 11.2 Å². The lowest BCUT2D eigenvalue weighted by Gasteiger charge is -2.21. The number of rotatable bonds is 2. The van der Waals surface area contributed by atoms with Gasteiger partial charge in [-0.2, -0.15) is 5.11 Å². The molecule has 1 aliphatic rings. The van der Waals surface area contributed by atoms with Crippen molar-refractivity contribution in [1.29, 1.82) is 0 Å². The molecule has 0 bridgehead atoms. The molecule has 2 aromatic rings. The van der Waals surface area contributed by atoms with Gasteiger partial charge >= 0.3 is 0 Å². The van der Waals surface area contributed by atoms with Gasteiger partial charge in [-0.3, -0.25) is 4.98 Å². The number of pyridine rings is 1. The fourth-order valence-electron chi connectivity index (χ4n) is 1.94. The minimum atomic E-state index is 0.0624. The maximum atomic E-state index is 5.89. The number of halogens is 1. The summed E-state index contributed by atoms with van der Waals surface area (Å²) in [6.45, 7) is 0.625. The van der Waals surface area contributed by atoms with Gasteiger partial charge in [0.05, 0.1) is 17.9 Å². The summed E-state index contributed by atoms with van der Waals surface area (Å²) in [4.78, 5) is 4.37. The van der Waals surface area contributed by atoms with Crippen molar-refractivity contribution in [3.63, 3.8) is 0 Å². The molecule has 0 radical (unpaired) electrons. The largest absolute Gasteiger partial charge is 0.259 e. The molecule has 1 aliphatic heterocycles. The Hall–Kier alpha value is -1.94. The third-order valence-corrected chi connectivity index (χ3v) is 3.08. The molecular weight excluding hydrogens is 248 g/mol. The van der Waals surface area contributed by atoms with Gasteiger partial charge in [-0.1, -0.05) is 22.9 Å². The van der Waals surface area contributed by atoms with E-state index < -0.39 is 0 Å². The zero-order valence-corrected chi connectivity index (χ0v) is 10.3. The standard InChI is InChI=1S/C13H11ClN4/c14-10-4-6-11(7-5-10)18-13(9-16-17-18)12-3-1-2-8-15-12/h1-8,13H,9H2. The van der Waals surface area contributed by atoms with E-state index in [2.05, 4.69) is 15.3 Å². The number of benzene rings is 1. The van der Waals surface area contributed by atoms with E-state index in [-0.39, 0.29) is 6.04 Å². The van der Waals surface area contributed by atoms with Crippen molar-refractivity contribution in [3.05, 3.63) is 59.4 Å². The highest BCUT2D eigenvalue weighted by Gasteiger charge is 2.26. The van der Waals surface area contributed by atoms with Crippen LogP contribution in [0.25, 0.3) is 0 Å². The minimum Gasteiger partial charge on any atom is -0.259 e. The van der Waals surface area contributed by atoms with E-state index in [0.717, 1.165) is 11.4 Å². The summed E-state index contributed by atoms with van der Waals surface area (Å²) in [6, 6.07) is 13.5. The Morgan fingerprint density at radius 2 is 1.94 bits per heavy atom. The van der Waals surface area contributed by atoms with Gasteiger partial charge in [-0.05, 0) is 36.4 Å². The monoisotopic (exact) mass is 258 g/mol. The number of nitrogens with zero attached hydrogens (tertiary/aromatic N) is 4. The van der Waals surface area contributed by atoms with Crippen molar-refractivity contribution in [2.75, 3.05) is 11.6 Å². The summed E-state index contributed by atoms with van der Waals surface area (Å²) < 4.78 is 0. The SMILES string of the molecule is Clc1ccc(N2N=NCC2c2ccccn2)cc1. The molecule has 0 fully saturated rings. The Balaban J connectivity index is 1.91. The number of hydrogen-bond acceptors (Lipinski definition) is 4. The fraction of sp³-hybridized carbons (Fsp3) is 0.154.